The molecule has 0 saturated carbocycles. The standard InChI is InChI=1S/C20H20ClN3O3/c21-14-1-5-17(6-2-14)24-19(25)13-18(20(24)26)22-15-3-7-16(8-4-15)23-9-11-27-12-10-23/h1-8,18,22H,9-13H2. The smallest absolute Gasteiger partial charge is 0.256 e. The third kappa shape index (κ3) is 3.77. The van der Waals surface area contributed by atoms with Gasteiger partial charge in [0.2, 0.25) is 5.91 Å². The highest BCUT2D eigenvalue weighted by Gasteiger charge is 2.39. The molecule has 27 heavy (non-hydrogen) atoms. The SMILES string of the molecule is O=C1CC(Nc2ccc(N3CCOCC3)cc2)C(=O)N1c1ccc(Cl)cc1. The van der Waals surface area contributed by atoms with E-state index in [2.05, 4.69) is 10.2 Å². The van der Waals surface area contributed by atoms with E-state index in [9.17, 15) is 9.59 Å². The number of halogens is 1. The van der Waals surface area contributed by atoms with Crippen LogP contribution in [0.1, 0.15) is 6.42 Å². The van der Waals surface area contributed by atoms with Crippen molar-refractivity contribution in [2.75, 3.05) is 41.4 Å². The van der Waals surface area contributed by atoms with Crippen LogP contribution < -0.4 is 15.1 Å². The maximum absolute atomic E-state index is 12.7. The quantitative estimate of drug-likeness (QED) is 0.820. The van der Waals surface area contributed by atoms with Gasteiger partial charge in [0.1, 0.15) is 6.04 Å². The number of imide groups is 1. The van der Waals surface area contributed by atoms with Crippen LogP contribution in [0.5, 0.6) is 0 Å². The van der Waals surface area contributed by atoms with Gasteiger partial charge < -0.3 is 15.0 Å². The van der Waals surface area contributed by atoms with E-state index >= 15 is 0 Å². The van der Waals surface area contributed by atoms with Gasteiger partial charge in [0.05, 0.1) is 25.3 Å². The second-order valence-electron chi connectivity index (χ2n) is 6.59. The molecule has 140 valence electrons. The Morgan fingerprint density at radius 3 is 2.22 bits per heavy atom. The molecule has 2 aliphatic heterocycles. The third-order valence-corrected chi connectivity index (χ3v) is 5.07. The Bertz CT molecular complexity index is 833. The summed E-state index contributed by atoms with van der Waals surface area (Å²) < 4.78 is 5.37. The van der Waals surface area contributed by atoms with E-state index in [1.165, 1.54) is 4.90 Å². The molecule has 4 rings (SSSR count). The van der Waals surface area contributed by atoms with Crippen molar-refractivity contribution in [2.45, 2.75) is 12.5 Å². The summed E-state index contributed by atoms with van der Waals surface area (Å²) in [6.07, 6.45) is 0.132. The van der Waals surface area contributed by atoms with Crippen molar-refractivity contribution in [3.63, 3.8) is 0 Å². The number of amides is 2. The predicted octanol–water partition coefficient (Wildman–Crippen LogP) is 2.92. The van der Waals surface area contributed by atoms with E-state index in [1.54, 1.807) is 24.3 Å². The van der Waals surface area contributed by atoms with Crippen LogP contribution in [0.3, 0.4) is 0 Å². The zero-order valence-corrected chi connectivity index (χ0v) is 15.5. The van der Waals surface area contributed by atoms with Gasteiger partial charge in [0, 0.05) is 29.5 Å². The largest absolute Gasteiger partial charge is 0.378 e. The van der Waals surface area contributed by atoms with E-state index in [4.69, 9.17) is 16.3 Å². The summed E-state index contributed by atoms with van der Waals surface area (Å²) in [5, 5.41) is 3.74. The van der Waals surface area contributed by atoms with Gasteiger partial charge in [-0.25, -0.2) is 4.90 Å². The molecule has 2 aliphatic rings. The number of nitrogens with zero attached hydrogens (tertiary/aromatic N) is 2. The second-order valence-corrected chi connectivity index (χ2v) is 7.03. The topological polar surface area (TPSA) is 61.9 Å². The summed E-state index contributed by atoms with van der Waals surface area (Å²) in [6.45, 7) is 3.22. The van der Waals surface area contributed by atoms with E-state index in [1.807, 2.05) is 24.3 Å². The first kappa shape index (κ1) is 17.8. The second kappa shape index (κ2) is 7.58. The minimum atomic E-state index is -0.567. The van der Waals surface area contributed by atoms with Crippen LogP contribution in [-0.2, 0) is 14.3 Å². The number of benzene rings is 2. The minimum Gasteiger partial charge on any atom is -0.378 e. The van der Waals surface area contributed by atoms with Crippen molar-refractivity contribution in [3.8, 4) is 0 Å². The third-order valence-electron chi connectivity index (χ3n) is 4.82. The van der Waals surface area contributed by atoms with Crippen LogP contribution in [0.15, 0.2) is 48.5 Å². The maximum Gasteiger partial charge on any atom is 0.256 e. The average molecular weight is 386 g/mol. The highest BCUT2D eigenvalue weighted by Crippen LogP contribution is 2.27. The number of rotatable bonds is 4. The van der Waals surface area contributed by atoms with Crippen LogP contribution in [0.4, 0.5) is 17.1 Å². The van der Waals surface area contributed by atoms with Gasteiger partial charge in [-0.05, 0) is 48.5 Å². The van der Waals surface area contributed by atoms with Crippen LogP contribution in [-0.4, -0.2) is 44.2 Å². The lowest BCUT2D eigenvalue weighted by Gasteiger charge is -2.29. The molecule has 7 heteroatoms. The van der Waals surface area contributed by atoms with Gasteiger partial charge in [-0.15, -0.1) is 0 Å². The molecule has 2 saturated heterocycles. The minimum absolute atomic E-state index is 0.132. The Kier molecular flexibility index (Phi) is 5.01. The number of hydrogen-bond acceptors (Lipinski definition) is 5. The lowest BCUT2D eigenvalue weighted by atomic mass is 10.2. The number of carbonyl (C=O) groups excluding carboxylic acids is 2. The molecule has 2 aromatic rings. The molecule has 2 amide bonds. The molecule has 0 bridgehead atoms. The Morgan fingerprint density at radius 2 is 1.56 bits per heavy atom. The Labute approximate surface area is 162 Å². The first-order valence-electron chi connectivity index (χ1n) is 8.93. The molecule has 1 N–H and O–H groups in total. The Morgan fingerprint density at radius 1 is 0.926 bits per heavy atom. The molecular formula is C20H20ClN3O3. The molecule has 0 aromatic heterocycles. The lowest BCUT2D eigenvalue weighted by molar-refractivity contribution is -0.121. The van der Waals surface area contributed by atoms with Gasteiger partial charge in [-0.3, -0.25) is 9.59 Å². The predicted molar refractivity (Wildman–Crippen MR) is 105 cm³/mol. The summed E-state index contributed by atoms with van der Waals surface area (Å²) in [5.74, 6) is -0.468. The molecule has 2 fully saturated rings. The molecule has 2 aromatic carbocycles. The molecule has 0 radical (unpaired) electrons. The first-order valence-corrected chi connectivity index (χ1v) is 9.31. The molecule has 1 unspecified atom stereocenters. The van der Waals surface area contributed by atoms with Crippen molar-refractivity contribution in [2.24, 2.45) is 0 Å². The van der Waals surface area contributed by atoms with Crippen molar-refractivity contribution in [1.82, 2.24) is 0 Å². The summed E-state index contributed by atoms with van der Waals surface area (Å²) in [5.41, 5.74) is 2.48. The number of hydrogen-bond donors (Lipinski definition) is 1. The highest BCUT2D eigenvalue weighted by molar-refractivity contribution is 6.30. The van der Waals surface area contributed by atoms with E-state index in [0.717, 1.165) is 37.7 Å². The summed E-state index contributed by atoms with van der Waals surface area (Å²) in [4.78, 5) is 28.5. The number of carbonyl (C=O) groups is 2. The molecule has 0 aliphatic carbocycles. The van der Waals surface area contributed by atoms with Gasteiger partial charge in [0.15, 0.2) is 0 Å². The van der Waals surface area contributed by atoms with Crippen LogP contribution >= 0.6 is 11.6 Å². The van der Waals surface area contributed by atoms with Crippen molar-refractivity contribution < 1.29 is 14.3 Å². The number of anilines is 3. The fourth-order valence-electron chi connectivity index (χ4n) is 3.40. The van der Waals surface area contributed by atoms with Crippen molar-refractivity contribution in [3.05, 3.63) is 53.6 Å². The first-order chi connectivity index (χ1) is 13.1. The average Bonchev–Trinajstić information content (AvgIpc) is 2.97. The highest BCUT2D eigenvalue weighted by atomic mass is 35.5. The maximum atomic E-state index is 12.7. The van der Waals surface area contributed by atoms with Gasteiger partial charge in [-0.2, -0.15) is 0 Å². The van der Waals surface area contributed by atoms with Crippen LogP contribution in [0.25, 0.3) is 0 Å². The van der Waals surface area contributed by atoms with E-state index < -0.39 is 6.04 Å². The van der Waals surface area contributed by atoms with E-state index in [-0.39, 0.29) is 18.2 Å². The normalized spacial score (nSPS) is 20.3. The van der Waals surface area contributed by atoms with Gasteiger partial charge in [0.25, 0.3) is 5.91 Å². The fraction of sp³-hybridized carbons (Fsp3) is 0.300. The monoisotopic (exact) mass is 385 g/mol. The molecule has 0 spiro atoms. The van der Waals surface area contributed by atoms with Crippen molar-refractivity contribution >= 4 is 40.5 Å². The van der Waals surface area contributed by atoms with Crippen molar-refractivity contribution in [1.29, 1.82) is 0 Å². The zero-order valence-electron chi connectivity index (χ0n) is 14.7. The van der Waals surface area contributed by atoms with Gasteiger partial charge >= 0.3 is 0 Å². The Hall–Kier alpha value is -2.57. The zero-order chi connectivity index (χ0) is 18.8. The summed E-state index contributed by atoms with van der Waals surface area (Å²) in [6, 6.07) is 14.0. The fourth-order valence-corrected chi connectivity index (χ4v) is 3.52. The number of morpholine rings is 1. The Balaban J connectivity index is 1.44. The van der Waals surface area contributed by atoms with Crippen LogP contribution in [0.2, 0.25) is 5.02 Å². The summed E-state index contributed by atoms with van der Waals surface area (Å²) in [7, 11) is 0. The van der Waals surface area contributed by atoms with Gasteiger partial charge in [-0.1, -0.05) is 11.6 Å². The molecule has 1 atom stereocenters. The number of nitrogens with one attached hydrogen (secondary N) is 1. The number of ether oxygens (including phenoxy) is 1. The molecule has 6 nitrogen and oxygen atoms in total. The molecule has 2 heterocycles. The summed E-state index contributed by atoms with van der Waals surface area (Å²) >= 11 is 5.88. The lowest BCUT2D eigenvalue weighted by Crippen LogP contribution is -2.36. The van der Waals surface area contributed by atoms with Crippen LogP contribution in [0, 0.1) is 0 Å². The van der Waals surface area contributed by atoms with E-state index in [0.29, 0.717) is 10.7 Å². The molecular weight excluding hydrogens is 366 g/mol.